The second-order valence-corrected chi connectivity index (χ2v) is 6.65. The van der Waals surface area contributed by atoms with Gasteiger partial charge < -0.3 is 10.5 Å². The Balaban J connectivity index is 1.82. The summed E-state index contributed by atoms with van der Waals surface area (Å²) in [5.74, 6) is -0.163. The van der Waals surface area contributed by atoms with Crippen molar-refractivity contribution in [1.29, 1.82) is 0 Å². The highest BCUT2D eigenvalue weighted by Gasteiger charge is 2.20. The molecule has 0 aliphatic carbocycles. The zero-order chi connectivity index (χ0) is 19.9. The molecule has 7 nitrogen and oxygen atoms in total. The fourth-order valence-corrected chi connectivity index (χ4v) is 2.79. The van der Waals surface area contributed by atoms with Crippen molar-refractivity contribution in [1.82, 2.24) is 10.4 Å². The SMILES string of the molecule is NC(=O)N(NC(=O)c1cc(Br)ccc1OCc1ccncc1)c1ccccc1. The molecule has 0 bridgehead atoms. The van der Waals surface area contributed by atoms with E-state index in [1.54, 1.807) is 60.9 Å². The number of ether oxygens (including phenoxy) is 1. The van der Waals surface area contributed by atoms with Crippen LogP contribution >= 0.6 is 15.9 Å². The maximum atomic E-state index is 12.8. The number of anilines is 1. The number of benzene rings is 2. The number of carbonyl (C=O) groups is 2. The first-order valence-electron chi connectivity index (χ1n) is 8.31. The molecule has 3 rings (SSSR count). The predicted octanol–water partition coefficient (Wildman–Crippen LogP) is 3.65. The zero-order valence-electron chi connectivity index (χ0n) is 14.7. The van der Waals surface area contributed by atoms with Crippen molar-refractivity contribution in [3.8, 4) is 5.75 Å². The van der Waals surface area contributed by atoms with Crippen molar-refractivity contribution in [2.45, 2.75) is 6.61 Å². The molecular formula is C20H17BrN4O3. The first-order valence-corrected chi connectivity index (χ1v) is 9.11. The number of amides is 3. The van der Waals surface area contributed by atoms with E-state index in [1.807, 2.05) is 12.1 Å². The molecule has 0 unspecified atom stereocenters. The van der Waals surface area contributed by atoms with E-state index in [1.165, 1.54) is 0 Å². The maximum absolute atomic E-state index is 12.8. The fourth-order valence-electron chi connectivity index (χ4n) is 2.43. The number of primary amides is 1. The Kier molecular flexibility index (Phi) is 6.23. The van der Waals surface area contributed by atoms with Gasteiger partial charge in [-0.15, -0.1) is 0 Å². The molecule has 0 spiro atoms. The van der Waals surface area contributed by atoms with E-state index in [9.17, 15) is 9.59 Å². The molecule has 142 valence electrons. The minimum absolute atomic E-state index is 0.255. The van der Waals surface area contributed by atoms with Crippen LogP contribution in [0, 0.1) is 0 Å². The highest BCUT2D eigenvalue weighted by atomic mass is 79.9. The van der Waals surface area contributed by atoms with E-state index >= 15 is 0 Å². The summed E-state index contributed by atoms with van der Waals surface area (Å²) >= 11 is 3.35. The summed E-state index contributed by atoms with van der Waals surface area (Å²) in [5, 5.41) is 0.982. The number of hydrazine groups is 1. The molecule has 0 fully saturated rings. The summed E-state index contributed by atoms with van der Waals surface area (Å²) < 4.78 is 6.50. The Morgan fingerprint density at radius 2 is 1.79 bits per heavy atom. The average Bonchev–Trinajstić information content (AvgIpc) is 2.72. The fraction of sp³-hybridized carbons (Fsp3) is 0.0500. The molecule has 8 heteroatoms. The van der Waals surface area contributed by atoms with E-state index in [-0.39, 0.29) is 12.2 Å². The Morgan fingerprint density at radius 1 is 1.07 bits per heavy atom. The molecular weight excluding hydrogens is 424 g/mol. The van der Waals surface area contributed by atoms with E-state index in [2.05, 4.69) is 26.3 Å². The topological polar surface area (TPSA) is 97.6 Å². The molecule has 0 atom stereocenters. The normalized spacial score (nSPS) is 10.2. The lowest BCUT2D eigenvalue weighted by molar-refractivity contribution is 0.0946. The van der Waals surface area contributed by atoms with E-state index in [4.69, 9.17) is 10.5 Å². The van der Waals surface area contributed by atoms with Crippen molar-refractivity contribution >= 4 is 33.6 Å². The second kappa shape index (κ2) is 9.01. The molecule has 0 saturated heterocycles. The largest absolute Gasteiger partial charge is 0.488 e. The zero-order valence-corrected chi connectivity index (χ0v) is 16.3. The van der Waals surface area contributed by atoms with Crippen LogP contribution in [-0.4, -0.2) is 16.9 Å². The molecule has 3 aromatic rings. The second-order valence-electron chi connectivity index (χ2n) is 5.73. The molecule has 1 aromatic heterocycles. The van der Waals surface area contributed by atoms with Crippen molar-refractivity contribution in [3.05, 3.63) is 88.7 Å². The van der Waals surface area contributed by atoms with Crippen molar-refractivity contribution in [2.24, 2.45) is 5.73 Å². The molecule has 0 aliphatic rings. The predicted molar refractivity (Wildman–Crippen MR) is 109 cm³/mol. The molecule has 3 N–H and O–H groups in total. The van der Waals surface area contributed by atoms with Crippen LogP contribution in [-0.2, 0) is 6.61 Å². The molecule has 1 heterocycles. The van der Waals surface area contributed by atoms with Crippen LogP contribution in [0.15, 0.2) is 77.5 Å². The number of rotatable bonds is 5. The van der Waals surface area contributed by atoms with Gasteiger partial charge in [0.15, 0.2) is 0 Å². The van der Waals surface area contributed by atoms with Gasteiger partial charge in [-0.3, -0.25) is 15.2 Å². The third kappa shape index (κ3) is 4.86. The number of halogens is 1. The third-order valence-electron chi connectivity index (χ3n) is 3.78. The van der Waals surface area contributed by atoms with Crippen LogP contribution in [0.3, 0.4) is 0 Å². The molecule has 28 heavy (non-hydrogen) atoms. The summed E-state index contributed by atoms with van der Waals surface area (Å²) in [6.07, 6.45) is 3.33. The van der Waals surface area contributed by atoms with Gasteiger partial charge in [-0.1, -0.05) is 34.1 Å². The van der Waals surface area contributed by atoms with Gasteiger partial charge in [-0.2, -0.15) is 0 Å². The smallest absolute Gasteiger partial charge is 0.338 e. The molecule has 0 aliphatic heterocycles. The van der Waals surface area contributed by atoms with E-state index < -0.39 is 11.9 Å². The number of nitrogens with one attached hydrogen (secondary N) is 1. The third-order valence-corrected chi connectivity index (χ3v) is 4.27. The van der Waals surface area contributed by atoms with Crippen LogP contribution in [0.25, 0.3) is 0 Å². The lowest BCUT2D eigenvalue weighted by Crippen LogP contribution is -2.49. The Labute approximate surface area is 170 Å². The lowest BCUT2D eigenvalue weighted by atomic mass is 10.2. The maximum Gasteiger partial charge on any atom is 0.338 e. The standard InChI is InChI=1S/C20H17BrN4O3/c21-15-6-7-18(28-13-14-8-10-23-11-9-14)17(12-15)19(26)24-25(20(22)27)16-4-2-1-3-5-16/h1-12H,13H2,(H2,22,27)(H,24,26). The minimum atomic E-state index is -0.811. The number of nitrogens with two attached hydrogens (primary N) is 1. The molecule has 0 saturated carbocycles. The average molecular weight is 441 g/mol. The monoisotopic (exact) mass is 440 g/mol. The van der Waals surface area contributed by atoms with Gasteiger partial charge in [0.25, 0.3) is 5.91 Å². The van der Waals surface area contributed by atoms with E-state index in [0.717, 1.165) is 10.6 Å². The van der Waals surface area contributed by atoms with Crippen LogP contribution in [0.1, 0.15) is 15.9 Å². The Morgan fingerprint density at radius 3 is 2.46 bits per heavy atom. The van der Waals surface area contributed by atoms with Crippen molar-refractivity contribution in [2.75, 3.05) is 5.01 Å². The molecule has 2 aromatic carbocycles. The lowest BCUT2D eigenvalue weighted by Gasteiger charge is -2.22. The highest BCUT2D eigenvalue weighted by Crippen LogP contribution is 2.24. The van der Waals surface area contributed by atoms with Gasteiger partial charge in [0.05, 0.1) is 11.3 Å². The number of hydrogen-bond acceptors (Lipinski definition) is 4. The number of pyridine rings is 1. The van der Waals surface area contributed by atoms with Crippen molar-refractivity contribution < 1.29 is 14.3 Å². The Hall–Kier alpha value is -3.39. The molecule has 3 amide bonds. The number of hydrogen-bond donors (Lipinski definition) is 2. The summed E-state index contributed by atoms with van der Waals surface area (Å²) in [6.45, 7) is 0.267. The van der Waals surface area contributed by atoms with Crippen molar-refractivity contribution in [3.63, 3.8) is 0 Å². The number of para-hydroxylation sites is 1. The first-order chi connectivity index (χ1) is 13.5. The molecule has 0 radical (unpaired) electrons. The number of carbonyl (C=O) groups excluding carboxylic acids is 2. The number of aromatic nitrogens is 1. The Bertz CT molecular complexity index is 968. The van der Waals surface area contributed by atoms with Gasteiger partial charge in [0.1, 0.15) is 12.4 Å². The van der Waals surface area contributed by atoms with Gasteiger partial charge in [0, 0.05) is 16.9 Å². The summed E-state index contributed by atoms with van der Waals surface area (Å²) in [5.41, 5.74) is 9.55. The van der Waals surface area contributed by atoms with Crippen LogP contribution < -0.4 is 20.9 Å². The van der Waals surface area contributed by atoms with Gasteiger partial charge in [-0.25, -0.2) is 9.80 Å². The first kappa shape index (κ1) is 19.4. The van der Waals surface area contributed by atoms with Gasteiger partial charge in [-0.05, 0) is 48.0 Å². The van der Waals surface area contributed by atoms with Crippen LogP contribution in [0.5, 0.6) is 5.75 Å². The summed E-state index contributed by atoms with van der Waals surface area (Å²) in [6, 6.07) is 16.5. The summed E-state index contributed by atoms with van der Waals surface area (Å²) in [4.78, 5) is 28.6. The van der Waals surface area contributed by atoms with E-state index in [0.29, 0.717) is 15.9 Å². The quantitative estimate of drug-likeness (QED) is 0.591. The summed E-state index contributed by atoms with van der Waals surface area (Å²) in [7, 11) is 0. The van der Waals surface area contributed by atoms with Gasteiger partial charge in [0.2, 0.25) is 0 Å². The highest BCUT2D eigenvalue weighted by molar-refractivity contribution is 9.10. The van der Waals surface area contributed by atoms with Crippen LogP contribution in [0.4, 0.5) is 10.5 Å². The minimum Gasteiger partial charge on any atom is -0.488 e. The van der Waals surface area contributed by atoms with Gasteiger partial charge >= 0.3 is 6.03 Å². The number of nitrogens with zero attached hydrogens (tertiary/aromatic N) is 2. The van der Waals surface area contributed by atoms with Crippen LogP contribution in [0.2, 0.25) is 0 Å². The number of urea groups is 1.